The van der Waals surface area contributed by atoms with Crippen LogP contribution in [0.25, 0.3) is 0 Å². The molecule has 1 aliphatic rings. The molecular weight excluding hydrogens is 220 g/mol. The number of hydrogen-bond acceptors (Lipinski definition) is 3. The van der Waals surface area contributed by atoms with Gasteiger partial charge in [-0.05, 0) is 29.7 Å². The molecule has 0 atom stereocenters. The molecule has 5 heteroatoms. The minimum Gasteiger partial charge on any atom is -0.282 e. The molecule has 0 radical (unpaired) electrons. The molecule has 3 nitrogen and oxygen atoms in total. The van der Waals surface area contributed by atoms with Gasteiger partial charge in [0.25, 0.3) is 10.1 Å². The van der Waals surface area contributed by atoms with Crippen molar-refractivity contribution in [1.29, 1.82) is 0 Å². The molecule has 0 amide bonds. The summed E-state index contributed by atoms with van der Waals surface area (Å²) in [4.78, 5) is 0.0405. The van der Waals surface area contributed by atoms with E-state index in [0.29, 0.717) is 5.56 Å². The molecule has 76 valence electrons. The molecule has 14 heavy (non-hydrogen) atoms. The van der Waals surface area contributed by atoms with Gasteiger partial charge in [0.15, 0.2) is 0 Å². The summed E-state index contributed by atoms with van der Waals surface area (Å²) in [6, 6.07) is 3.43. The topological polar surface area (TPSA) is 54.4 Å². The lowest BCUT2D eigenvalue weighted by molar-refractivity contribution is 0.482. The molecule has 0 bridgehead atoms. The highest BCUT2D eigenvalue weighted by Crippen LogP contribution is 2.32. The maximum atomic E-state index is 11.0. The molecule has 1 aliphatic heterocycles. The number of hydrogen-bond donors (Lipinski definition) is 1. The molecule has 2 rings (SSSR count). The van der Waals surface area contributed by atoms with Gasteiger partial charge in [0.05, 0.1) is 4.90 Å². The summed E-state index contributed by atoms with van der Waals surface area (Å²) < 4.78 is 31.0. The number of fused-ring (bicyclic) bond motifs is 1. The summed E-state index contributed by atoms with van der Waals surface area (Å²) in [6.45, 7) is 1.70. The average molecular weight is 230 g/mol. The van der Waals surface area contributed by atoms with E-state index in [9.17, 15) is 8.42 Å². The molecule has 0 saturated heterocycles. The SMILES string of the molecule is Cc1cc2c(cc1S(=O)(=O)O)CSC2. The van der Waals surface area contributed by atoms with Crippen LogP contribution in [0.2, 0.25) is 0 Å². The van der Waals surface area contributed by atoms with Crippen LogP contribution in [0.15, 0.2) is 17.0 Å². The summed E-state index contributed by atoms with van der Waals surface area (Å²) >= 11 is 1.75. The van der Waals surface area contributed by atoms with Crippen molar-refractivity contribution in [3.63, 3.8) is 0 Å². The van der Waals surface area contributed by atoms with Gasteiger partial charge in [0.1, 0.15) is 0 Å². The highest BCUT2D eigenvalue weighted by atomic mass is 32.2. The Bertz CT molecular complexity index is 477. The number of rotatable bonds is 1. The Kier molecular flexibility index (Phi) is 2.33. The minimum atomic E-state index is -4.06. The second kappa shape index (κ2) is 3.25. The second-order valence-electron chi connectivity index (χ2n) is 3.35. The predicted molar refractivity (Wildman–Crippen MR) is 56.0 cm³/mol. The van der Waals surface area contributed by atoms with Crippen LogP contribution in [0.5, 0.6) is 0 Å². The van der Waals surface area contributed by atoms with Crippen molar-refractivity contribution in [2.75, 3.05) is 0 Å². The first kappa shape index (κ1) is 10.0. The summed E-state index contributed by atoms with van der Waals surface area (Å²) in [5.41, 5.74) is 2.82. The molecular formula is C9H10O3S2. The third-order valence-electron chi connectivity index (χ3n) is 2.29. The van der Waals surface area contributed by atoms with Gasteiger partial charge in [0.2, 0.25) is 0 Å². The quantitative estimate of drug-likeness (QED) is 0.750. The van der Waals surface area contributed by atoms with Gasteiger partial charge < -0.3 is 0 Å². The van der Waals surface area contributed by atoms with E-state index >= 15 is 0 Å². The lowest BCUT2D eigenvalue weighted by Gasteiger charge is -2.05. The normalized spacial score (nSPS) is 15.6. The molecule has 0 aliphatic carbocycles. The summed E-state index contributed by atoms with van der Waals surface area (Å²) in [5, 5.41) is 0. The first-order valence-corrected chi connectivity index (χ1v) is 6.75. The van der Waals surface area contributed by atoms with Crippen LogP contribution >= 0.6 is 11.8 Å². The molecule has 1 N–H and O–H groups in total. The molecule has 1 aromatic carbocycles. The standard InChI is InChI=1S/C9H10O3S2/c1-6-2-7-4-13-5-8(7)3-9(6)14(10,11)12/h2-3H,4-5H2,1H3,(H,10,11,12). The van der Waals surface area contributed by atoms with Gasteiger partial charge in [-0.3, -0.25) is 4.55 Å². The van der Waals surface area contributed by atoms with Gasteiger partial charge in [-0.1, -0.05) is 6.07 Å². The fourth-order valence-electron chi connectivity index (χ4n) is 1.61. The highest BCUT2D eigenvalue weighted by molar-refractivity contribution is 7.98. The van der Waals surface area contributed by atoms with Crippen LogP contribution in [-0.4, -0.2) is 13.0 Å². The molecule has 0 spiro atoms. The second-order valence-corrected chi connectivity index (χ2v) is 5.73. The van der Waals surface area contributed by atoms with Gasteiger partial charge in [-0.15, -0.1) is 0 Å². The van der Waals surface area contributed by atoms with E-state index < -0.39 is 10.1 Å². The van der Waals surface area contributed by atoms with Crippen molar-refractivity contribution in [3.05, 3.63) is 28.8 Å². The zero-order chi connectivity index (χ0) is 10.3. The van der Waals surface area contributed by atoms with E-state index in [1.165, 1.54) is 5.56 Å². The molecule has 0 fully saturated rings. The summed E-state index contributed by atoms with van der Waals surface area (Å²) in [6.07, 6.45) is 0. The smallest absolute Gasteiger partial charge is 0.282 e. The molecule has 0 saturated carbocycles. The van der Waals surface area contributed by atoms with Crippen molar-refractivity contribution >= 4 is 21.9 Å². The van der Waals surface area contributed by atoms with Gasteiger partial charge in [0, 0.05) is 11.5 Å². The van der Waals surface area contributed by atoms with Crippen LogP contribution in [-0.2, 0) is 21.6 Å². The highest BCUT2D eigenvalue weighted by Gasteiger charge is 2.19. The molecule has 1 aromatic rings. The van der Waals surface area contributed by atoms with Crippen LogP contribution in [0.1, 0.15) is 16.7 Å². The van der Waals surface area contributed by atoms with E-state index in [1.54, 1.807) is 24.8 Å². The van der Waals surface area contributed by atoms with Gasteiger partial charge in [-0.2, -0.15) is 20.2 Å². The van der Waals surface area contributed by atoms with E-state index in [-0.39, 0.29) is 4.90 Å². The van der Waals surface area contributed by atoms with Gasteiger partial charge >= 0.3 is 0 Å². The lowest BCUT2D eigenvalue weighted by Crippen LogP contribution is -2.02. The van der Waals surface area contributed by atoms with E-state index in [0.717, 1.165) is 17.1 Å². The van der Waals surface area contributed by atoms with Crippen molar-refractivity contribution in [2.24, 2.45) is 0 Å². The number of thioether (sulfide) groups is 1. The zero-order valence-electron chi connectivity index (χ0n) is 7.65. The Morgan fingerprint density at radius 2 is 1.86 bits per heavy atom. The van der Waals surface area contributed by atoms with E-state index in [1.807, 2.05) is 6.07 Å². The third-order valence-corrected chi connectivity index (χ3v) is 4.32. The molecule has 0 aromatic heterocycles. The number of aryl methyl sites for hydroxylation is 1. The first-order valence-electron chi connectivity index (χ1n) is 4.16. The predicted octanol–water partition coefficient (Wildman–Crippen LogP) is 1.99. The van der Waals surface area contributed by atoms with Crippen molar-refractivity contribution in [3.8, 4) is 0 Å². The largest absolute Gasteiger partial charge is 0.294 e. The lowest BCUT2D eigenvalue weighted by atomic mass is 10.1. The Morgan fingerprint density at radius 1 is 1.29 bits per heavy atom. The average Bonchev–Trinajstić information content (AvgIpc) is 2.47. The Labute approximate surface area is 87.3 Å². The van der Waals surface area contributed by atoms with Gasteiger partial charge in [-0.25, -0.2) is 0 Å². The maximum Gasteiger partial charge on any atom is 0.294 e. The van der Waals surface area contributed by atoms with Crippen molar-refractivity contribution in [2.45, 2.75) is 23.3 Å². The summed E-state index contributed by atoms with van der Waals surface area (Å²) in [7, 11) is -4.06. The van der Waals surface area contributed by atoms with Crippen molar-refractivity contribution in [1.82, 2.24) is 0 Å². The minimum absolute atomic E-state index is 0.0405. The fraction of sp³-hybridized carbons (Fsp3) is 0.333. The molecule has 0 unspecified atom stereocenters. The van der Waals surface area contributed by atoms with Crippen LogP contribution in [0.4, 0.5) is 0 Å². The number of benzene rings is 1. The third kappa shape index (κ3) is 1.67. The fourth-order valence-corrected chi connectivity index (χ4v) is 3.44. The Balaban J connectivity index is 2.65. The van der Waals surface area contributed by atoms with Crippen molar-refractivity contribution < 1.29 is 13.0 Å². The Morgan fingerprint density at radius 3 is 2.43 bits per heavy atom. The first-order chi connectivity index (χ1) is 6.48. The Hall–Kier alpha value is -0.520. The van der Waals surface area contributed by atoms with Crippen LogP contribution in [0, 0.1) is 6.92 Å². The zero-order valence-corrected chi connectivity index (χ0v) is 9.28. The van der Waals surface area contributed by atoms with Crippen LogP contribution in [0.3, 0.4) is 0 Å². The summed E-state index contributed by atoms with van der Waals surface area (Å²) in [5.74, 6) is 1.76. The molecule has 1 heterocycles. The van der Waals surface area contributed by atoms with Crippen LogP contribution < -0.4 is 0 Å². The van der Waals surface area contributed by atoms with E-state index in [4.69, 9.17) is 4.55 Å². The monoisotopic (exact) mass is 230 g/mol. The van der Waals surface area contributed by atoms with E-state index in [2.05, 4.69) is 0 Å². The maximum absolute atomic E-state index is 11.0.